The number of hydrogen-bond donors (Lipinski definition) is 1. The van der Waals surface area contributed by atoms with Gasteiger partial charge in [-0.1, -0.05) is 6.07 Å². The van der Waals surface area contributed by atoms with Gasteiger partial charge in [-0.3, -0.25) is 9.69 Å². The molecule has 0 radical (unpaired) electrons. The maximum absolute atomic E-state index is 13.1. The van der Waals surface area contributed by atoms with Crippen LogP contribution in [0.3, 0.4) is 0 Å². The van der Waals surface area contributed by atoms with Gasteiger partial charge in [0.15, 0.2) is 0 Å². The van der Waals surface area contributed by atoms with Crippen LogP contribution in [0, 0.1) is 12.7 Å². The number of piperazine rings is 1. The van der Waals surface area contributed by atoms with Crippen molar-refractivity contribution in [3.8, 4) is 0 Å². The molecular formula is C15H21FN2O2. The molecule has 0 amide bonds. The van der Waals surface area contributed by atoms with Gasteiger partial charge in [0.1, 0.15) is 11.9 Å². The Morgan fingerprint density at radius 1 is 1.55 bits per heavy atom. The Labute approximate surface area is 118 Å². The number of halogens is 1. The van der Waals surface area contributed by atoms with Crippen LogP contribution in [0.2, 0.25) is 0 Å². The van der Waals surface area contributed by atoms with Gasteiger partial charge in [-0.05, 0) is 37.1 Å². The monoisotopic (exact) mass is 280 g/mol. The Balaban J connectivity index is 2.10. The lowest BCUT2D eigenvalue weighted by Gasteiger charge is -2.34. The molecule has 1 heterocycles. The molecule has 0 bridgehead atoms. The summed E-state index contributed by atoms with van der Waals surface area (Å²) in [5.74, 6) is -0.423. The highest BCUT2D eigenvalue weighted by Gasteiger charge is 2.29. The fraction of sp³-hybridized carbons (Fsp3) is 0.533. The van der Waals surface area contributed by atoms with Crippen LogP contribution in [0.25, 0.3) is 0 Å². The van der Waals surface area contributed by atoms with Crippen molar-refractivity contribution in [1.82, 2.24) is 10.2 Å². The number of ether oxygens (including phenoxy) is 1. The van der Waals surface area contributed by atoms with Crippen LogP contribution in [0.4, 0.5) is 4.39 Å². The zero-order chi connectivity index (χ0) is 14.5. The number of nitrogens with zero attached hydrogens (tertiary/aromatic N) is 1. The highest BCUT2D eigenvalue weighted by Crippen LogP contribution is 2.16. The molecule has 4 nitrogen and oxygen atoms in total. The highest BCUT2D eigenvalue weighted by atomic mass is 19.1. The standard InChI is InChI=1S/C15H21FN2O2/c1-3-20-15(19)14-9-17-6-7-18(14)10-12-4-5-13(16)8-11(12)2/h4-5,8,14,17H,3,6-7,9-10H2,1-2H3. The maximum Gasteiger partial charge on any atom is 0.324 e. The molecule has 110 valence electrons. The van der Waals surface area contributed by atoms with E-state index in [0.717, 1.165) is 24.2 Å². The second kappa shape index (κ2) is 6.81. The lowest BCUT2D eigenvalue weighted by atomic mass is 10.1. The Morgan fingerprint density at radius 3 is 3.05 bits per heavy atom. The lowest BCUT2D eigenvalue weighted by Crippen LogP contribution is -2.54. The largest absolute Gasteiger partial charge is 0.465 e. The van der Waals surface area contributed by atoms with Crippen LogP contribution in [-0.4, -0.2) is 43.2 Å². The van der Waals surface area contributed by atoms with Crippen LogP contribution in [0.15, 0.2) is 18.2 Å². The normalized spacial score (nSPS) is 19.9. The summed E-state index contributed by atoms with van der Waals surface area (Å²) >= 11 is 0. The van der Waals surface area contributed by atoms with Gasteiger partial charge in [-0.25, -0.2) is 4.39 Å². The van der Waals surface area contributed by atoms with E-state index in [1.807, 2.05) is 13.8 Å². The van der Waals surface area contributed by atoms with E-state index >= 15 is 0 Å². The third-order valence-corrected chi connectivity index (χ3v) is 3.59. The minimum Gasteiger partial charge on any atom is -0.465 e. The average molecular weight is 280 g/mol. The second-order valence-corrected chi connectivity index (χ2v) is 5.01. The molecule has 1 atom stereocenters. The molecule has 1 fully saturated rings. The van der Waals surface area contributed by atoms with E-state index < -0.39 is 0 Å². The Hall–Kier alpha value is -1.46. The third kappa shape index (κ3) is 3.55. The third-order valence-electron chi connectivity index (χ3n) is 3.59. The first-order valence-corrected chi connectivity index (χ1v) is 6.98. The number of carbonyl (C=O) groups is 1. The van der Waals surface area contributed by atoms with Gasteiger partial charge >= 0.3 is 5.97 Å². The number of hydrogen-bond acceptors (Lipinski definition) is 4. The molecule has 5 heteroatoms. The SMILES string of the molecule is CCOC(=O)C1CNCCN1Cc1ccc(F)cc1C. The van der Waals surface area contributed by atoms with Gasteiger partial charge in [0.2, 0.25) is 0 Å². The fourth-order valence-electron chi connectivity index (χ4n) is 2.46. The number of nitrogens with one attached hydrogen (secondary N) is 1. The van der Waals surface area contributed by atoms with Crippen LogP contribution in [-0.2, 0) is 16.1 Å². The van der Waals surface area contributed by atoms with Crippen molar-refractivity contribution in [3.05, 3.63) is 35.1 Å². The van der Waals surface area contributed by atoms with Crippen molar-refractivity contribution < 1.29 is 13.9 Å². The van der Waals surface area contributed by atoms with E-state index in [0.29, 0.717) is 19.7 Å². The van der Waals surface area contributed by atoms with Crippen molar-refractivity contribution in [1.29, 1.82) is 0 Å². The van der Waals surface area contributed by atoms with Crippen LogP contribution >= 0.6 is 0 Å². The minimum atomic E-state index is -0.270. The molecule has 2 rings (SSSR count). The molecule has 1 N–H and O–H groups in total. The van der Waals surface area contributed by atoms with E-state index in [2.05, 4.69) is 10.2 Å². The van der Waals surface area contributed by atoms with Gasteiger partial charge in [-0.2, -0.15) is 0 Å². The zero-order valence-electron chi connectivity index (χ0n) is 12.0. The van der Waals surface area contributed by atoms with E-state index in [-0.39, 0.29) is 17.8 Å². The summed E-state index contributed by atoms with van der Waals surface area (Å²) in [5.41, 5.74) is 1.95. The summed E-state index contributed by atoms with van der Waals surface area (Å²) in [6.07, 6.45) is 0. The summed E-state index contributed by atoms with van der Waals surface area (Å²) in [6, 6.07) is 4.50. The molecule has 20 heavy (non-hydrogen) atoms. The molecular weight excluding hydrogens is 259 g/mol. The van der Waals surface area contributed by atoms with Crippen LogP contribution < -0.4 is 5.32 Å². The highest BCUT2D eigenvalue weighted by molar-refractivity contribution is 5.76. The number of aryl methyl sites for hydroxylation is 1. The second-order valence-electron chi connectivity index (χ2n) is 5.01. The van der Waals surface area contributed by atoms with Crippen molar-refractivity contribution >= 4 is 5.97 Å². The fourth-order valence-corrected chi connectivity index (χ4v) is 2.46. The predicted octanol–water partition coefficient (Wildman–Crippen LogP) is 1.47. The topological polar surface area (TPSA) is 41.6 Å². The van der Waals surface area contributed by atoms with Gasteiger partial charge in [-0.15, -0.1) is 0 Å². The van der Waals surface area contributed by atoms with E-state index in [1.54, 1.807) is 6.07 Å². The number of carbonyl (C=O) groups excluding carboxylic acids is 1. The maximum atomic E-state index is 13.1. The summed E-state index contributed by atoms with van der Waals surface area (Å²) in [6.45, 7) is 6.94. The molecule has 0 spiro atoms. The molecule has 1 aliphatic rings. The quantitative estimate of drug-likeness (QED) is 0.848. The zero-order valence-corrected chi connectivity index (χ0v) is 12.0. The molecule has 1 aliphatic heterocycles. The predicted molar refractivity (Wildman–Crippen MR) is 74.8 cm³/mol. The molecule has 1 aromatic carbocycles. The Bertz CT molecular complexity index is 479. The first-order valence-electron chi connectivity index (χ1n) is 6.98. The van der Waals surface area contributed by atoms with Crippen molar-refractivity contribution in [2.24, 2.45) is 0 Å². The first kappa shape index (κ1) is 14.9. The van der Waals surface area contributed by atoms with Crippen LogP contribution in [0.1, 0.15) is 18.1 Å². The number of rotatable bonds is 4. The van der Waals surface area contributed by atoms with Crippen molar-refractivity contribution in [2.75, 3.05) is 26.2 Å². The van der Waals surface area contributed by atoms with Gasteiger partial charge < -0.3 is 10.1 Å². The summed E-state index contributed by atoms with van der Waals surface area (Å²) in [5, 5.41) is 3.21. The lowest BCUT2D eigenvalue weighted by molar-refractivity contribution is -0.150. The molecule has 0 saturated carbocycles. The molecule has 0 aromatic heterocycles. The minimum absolute atomic E-state index is 0.195. The molecule has 1 saturated heterocycles. The summed E-state index contributed by atoms with van der Waals surface area (Å²) < 4.78 is 18.3. The average Bonchev–Trinajstić information content (AvgIpc) is 2.43. The Morgan fingerprint density at radius 2 is 2.35 bits per heavy atom. The van der Waals surface area contributed by atoms with Crippen molar-refractivity contribution in [2.45, 2.75) is 26.4 Å². The van der Waals surface area contributed by atoms with Crippen LogP contribution in [0.5, 0.6) is 0 Å². The van der Waals surface area contributed by atoms with Gasteiger partial charge in [0.05, 0.1) is 6.61 Å². The van der Waals surface area contributed by atoms with Gasteiger partial charge in [0, 0.05) is 26.2 Å². The van der Waals surface area contributed by atoms with E-state index in [9.17, 15) is 9.18 Å². The smallest absolute Gasteiger partial charge is 0.324 e. The van der Waals surface area contributed by atoms with E-state index in [4.69, 9.17) is 4.74 Å². The summed E-state index contributed by atoms with van der Waals surface area (Å²) in [4.78, 5) is 14.1. The number of esters is 1. The molecule has 1 aromatic rings. The first-order chi connectivity index (χ1) is 9.61. The summed E-state index contributed by atoms with van der Waals surface area (Å²) in [7, 11) is 0. The van der Waals surface area contributed by atoms with Gasteiger partial charge in [0.25, 0.3) is 0 Å². The Kier molecular flexibility index (Phi) is 5.09. The number of benzene rings is 1. The van der Waals surface area contributed by atoms with E-state index in [1.165, 1.54) is 12.1 Å². The van der Waals surface area contributed by atoms with Crippen molar-refractivity contribution in [3.63, 3.8) is 0 Å². The molecule has 1 unspecified atom stereocenters. The molecule has 0 aliphatic carbocycles.